The number of likely N-dealkylation sites (N-methyl/N-ethyl adjacent to an activating group) is 1. The standard InChI is InChI=1S/C7H17NO2Si/c1-6(7(9)10)8(2)5-11(3)4/h6,11H,5H2,1-4H3,(H,9,10). The highest BCUT2D eigenvalue weighted by atomic mass is 28.3. The number of aliphatic carboxylic acids is 1. The van der Waals surface area contributed by atoms with Crippen LogP contribution in [0.25, 0.3) is 0 Å². The second kappa shape index (κ2) is 4.51. The summed E-state index contributed by atoms with van der Waals surface area (Å²) >= 11 is 0. The Morgan fingerprint density at radius 1 is 1.64 bits per heavy atom. The molecule has 0 aliphatic rings. The summed E-state index contributed by atoms with van der Waals surface area (Å²) in [7, 11) is 1.20. The molecule has 0 bridgehead atoms. The van der Waals surface area contributed by atoms with Gasteiger partial charge in [0.1, 0.15) is 6.04 Å². The third-order valence-electron chi connectivity index (χ3n) is 1.67. The molecule has 11 heavy (non-hydrogen) atoms. The van der Waals surface area contributed by atoms with Crippen molar-refractivity contribution in [1.29, 1.82) is 0 Å². The molecule has 0 radical (unpaired) electrons. The van der Waals surface area contributed by atoms with E-state index in [1.807, 2.05) is 11.9 Å². The van der Waals surface area contributed by atoms with Crippen LogP contribution in [0.5, 0.6) is 0 Å². The monoisotopic (exact) mass is 175 g/mol. The highest BCUT2D eigenvalue weighted by Gasteiger charge is 2.16. The molecule has 0 aromatic rings. The van der Waals surface area contributed by atoms with Crippen LogP contribution in [0.1, 0.15) is 6.92 Å². The average Bonchev–Trinajstić information content (AvgIpc) is 1.84. The van der Waals surface area contributed by atoms with Gasteiger partial charge < -0.3 is 5.11 Å². The van der Waals surface area contributed by atoms with Crippen molar-refractivity contribution >= 4 is 14.8 Å². The van der Waals surface area contributed by atoms with Crippen molar-refractivity contribution in [3.8, 4) is 0 Å². The van der Waals surface area contributed by atoms with Crippen molar-refractivity contribution in [3.05, 3.63) is 0 Å². The smallest absolute Gasteiger partial charge is 0.320 e. The van der Waals surface area contributed by atoms with Crippen molar-refractivity contribution in [3.63, 3.8) is 0 Å². The van der Waals surface area contributed by atoms with E-state index in [-0.39, 0.29) is 6.04 Å². The Morgan fingerprint density at radius 3 is 2.36 bits per heavy atom. The topological polar surface area (TPSA) is 40.5 Å². The molecular weight excluding hydrogens is 158 g/mol. The van der Waals surface area contributed by atoms with Crippen LogP contribution < -0.4 is 0 Å². The largest absolute Gasteiger partial charge is 0.480 e. The summed E-state index contributed by atoms with van der Waals surface area (Å²) in [5, 5.41) is 8.64. The third kappa shape index (κ3) is 4.16. The molecule has 0 spiro atoms. The molecule has 0 saturated carbocycles. The molecule has 1 N–H and O–H groups in total. The molecule has 1 atom stereocenters. The summed E-state index contributed by atoms with van der Waals surface area (Å²) < 4.78 is 0. The Kier molecular flexibility index (Phi) is 4.36. The van der Waals surface area contributed by atoms with Crippen LogP contribution in [0.3, 0.4) is 0 Å². The predicted octanol–water partition coefficient (Wildman–Crippen LogP) is 0.417. The number of carboxylic acid groups (broad SMARTS) is 1. The maximum absolute atomic E-state index is 10.5. The zero-order valence-corrected chi connectivity index (χ0v) is 8.82. The summed E-state index contributed by atoms with van der Waals surface area (Å²) in [6.07, 6.45) is 0.966. The van der Waals surface area contributed by atoms with E-state index in [0.29, 0.717) is 0 Å². The first-order chi connectivity index (χ1) is 4.95. The van der Waals surface area contributed by atoms with E-state index in [4.69, 9.17) is 5.11 Å². The summed E-state index contributed by atoms with van der Waals surface area (Å²) in [6.45, 7) is 6.15. The van der Waals surface area contributed by atoms with Gasteiger partial charge in [0.25, 0.3) is 0 Å². The minimum Gasteiger partial charge on any atom is -0.480 e. The summed E-state index contributed by atoms with van der Waals surface area (Å²) in [5.41, 5.74) is 0. The normalized spacial score (nSPS) is 14.0. The molecular formula is C7H17NO2Si. The maximum atomic E-state index is 10.5. The first kappa shape index (κ1) is 10.6. The van der Waals surface area contributed by atoms with Crippen LogP contribution in [0, 0.1) is 0 Å². The van der Waals surface area contributed by atoms with Gasteiger partial charge in [-0.25, -0.2) is 0 Å². The fourth-order valence-electron chi connectivity index (χ4n) is 0.923. The maximum Gasteiger partial charge on any atom is 0.320 e. The first-order valence-electron chi connectivity index (χ1n) is 3.88. The molecule has 3 nitrogen and oxygen atoms in total. The number of nitrogens with zero attached hydrogens (tertiary/aromatic N) is 1. The Hall–Kier alpha value is -0.353. The van der Waals surface area contributed by atoms with Gasteiger partial charge in [0.15, 0.2) is 0 Å². The first-order valence-corrected chi connectivity index (χ1v) is 7.00. The molecule has 0 fully saturated rings. The van der Waals surface area contributed by atoms with Gasteiger partial charge in [0.2, 0.25) is 0 Å². The molecule has 0 heterocycles. The number of rotatable bonds is 4. The molecule has 4 heteroatoms. The lowest BCUT2D eigenvalue weighted by Crippen LogP contribution is -2.40. The SMILES string of the molecule is CC(C(=O)O)N(C)C[SiH](C)C. The molecule has 0 rings (SSSR count). The fraction of sp³-hybridized carbons (Fsp3) is 0.857. The lowest BCUT2D eigenvalue weighted by molar-refractivity contribution is -0.141. The summed E-state index contributed by atoms with van der Waals surface area (Å²) in [5.74, 6) is -0.734. The van der Waals surface area contributed by atoms with Gasteiger partial charge in [-0.05, 0) is 20.1 Å². The number of hydrogen-bond acceptors (Lipinski definition) is 2. The van der Waals surface area contributed by atoms with Gasteiger partial charge >= 0.3 is 5.97 Å². The van der Waals surface area contributed by atoms with Crippen LogP contribution in [0.15, 0.2) is 0 Å². The Labute approximate surface area is 69.6 Å². The summed E-state index contributed by atoms with van der Waals surface area (Å²) in [4.78, 5) is 12.4. The highest BCUT2D eigenvalue weighted by Crippen LogP contribution is 1.96. The van der Waals surface area contributed by atoms with Gasteiger partial charge in [0.05, 0.1) is 0 Å². The molecule has 1 unspecified atom stereocenters. The average molecular weight is 175 g/mol. The second-order valence-corrected chi connectivity index (χ2v) is 6.50. The van der Waals surface area contributed by atoms with Crippen molar-refractivity contribution < 1.29 is 9.90 Å². The predicted molar refractivity (Wildman–Crippen MR) is 48.6 cm³/mol. The molecule has 0 aromatic heterocycles. The van der Waals surface area contributed by atoms with Crippen LogP contribution in [-0.2, 0) is 4.79 Å². The van der Waals surface area contributed by atoms with Crippen LogP contribution in [0.2, 0.25) is 13.1 Å². The van der Waals surface area contributed by atoms with E-state index in [1.54, 1.807) is 6.92 Å². The van der Waals surface area contributed by atoms with Crippen molar-refractivity contribution in [2.75, 3.05) is 13.2 Å². The van der Waals surface area contributed by atoms with E-state index >= 15 is 0 Å². The molecule has 0 aliphatic carbocycles. The van der Waals surface area contributed by atoms with Gasteiger partial charge in [-0.3, -0.25) is 9.69 Å². The minimum atomic E-state index is -0.734. The quantitative estimate of drug-likeness (QED) is 0.629. The van der Waals surface area contributed by atoms with E-state index in [0.717, 1.165) is 6.17 Å². The van der Waals surface area contributed by atoms with Gasteiger partial charge in [-0.15, -0.1) is 0 Å². The van der Waals surface area contributed by atoms with E-state index < -0.39 is 14.8 Å². The van der Waals surface area contributed by atoms with Crippen LogP contribution >= 0.6 is 0 Å². The Balaban J connectivity index is 3.82. The van der Waals surface area contributed by atoms with E-state index in [2.05, 4.69) is 13.1 Å². The van der Waals surface area contributed by atoms with Gasteiger partial charge in [0, 0.05) is 8.80 Å². The minimum absolute atomic E-state index is 0.343. The van der Waals surface area contributed by atoms with Crippen molar-refractivity contribution in [2.24, 2.45) is 0 Å². The lowest BCUT2D eigenvalue weighted by atomic mass is 10.3. The van der Waals surface area contributed by atoms with Crippen molar-refractivity contribution in [1.82, 2.24) is 4.90 Å². The molecule has 0 aliphatic heterocycles. The zero-order chi connectivity index (χ0) is 9.02. The molecule has 0 saturated heterocycles. The van der Waals surface area contributed by atoms with E-state index in [9.17, 15) is 4.79 Å². The number of carbonyl (C=O) groups is 1. The molecule has 0 amide bonds. The molecule has 66 valence electrons. The Bertz CT molecular complexity index is 138. The third-order valence-corrected chi connectivity index (χ3v) is 2.98. The Morgan fingerprint density at radius 2 is 2.09 bits per heavy atom. The van der Waals surface area contributed by atoms with E-state index in [1.165, 1.54) is 0 Å². The lowest BCUT2D eigenvalue weighted by Gasteiger charge is -2.22. The molecule has 0 aromatic carbocycles. The highest BCUT2D eigenvalue weighted by molar-refractivity contribution is 6.55. The van der Waals surface area contributed by atoms with Crippen LogP contribution in [-0.4, -0.2) is 44.0 Å². The second-order valence-electron chi connectivity index (χ2n) is 3.35. The zero-order valence-electron chi connectivity index (χ0n) is 7.66. The van der Waals surface area contributed by atoms with Gasteiger partial charge in [-0.1, -0.05) is 13.1 Å². The van der Waals surface area contributed by atoms with Crippen LogP contribution in [0.4, 0.5) is 0 Å². The van der Waals surface area contributed by atoms with Crippen molar-refractivity contribution in [2.45, 2.75) is 26.1 Å². The fourth-order valence-corrected chi connectivity index (χ4v) is 2.39. The van der Waals surface area contributed by atoms with Gasteiger partial charge in [-0.2, -0.15) is 0 Å². The number of hydrogen-bond donors (Lipinski definition) is 1. The summed E-state index contributed by atoms with van der Waals surface area (Å²) in [6, 6.07) is -0.343. The number of carboxylic acids is 1.